The molecule has 5 heteroatoms. The highest BCUT2D eigenvalue weighted by atomic mass is 16.4. The van der Waals surface area contributed by atoms with Gasteiger partial charge in [-0.05, 0) is 24.5 Å². The largest absolute Gasteiger partial charge is 0.480 e. The predicted molar refractivity (Wildman–Crippen MR) is 72.3 cm³/mol. The van der Waals surface area contributed by atoms with Gasteiger partial charge in [0.15, 0.2) is 0 Å². The third kappa shape index (κ3) is 2.70. The molecule has 102 valence electrons. The van der Waals surface area contributed by atoms with Crippen LogP contribution in [0.2, 0.25) is 0 Å². The molecule has 1 aromatic rings. The first-order valence-electron chi connectivity index (χ1n) is 6.38. The number of carboxylic acids is 1. The second-order valence-electron chi connectivity index (χ2n) is 4.78. The Morgan fingerprint density at radius 2 is 2.26 bits per heavy atom. The summed E-state index contributed by atoms with van der Waals surface area (Å²) in [6.07, 6.45) is 0.854. The summed E-state index contributed by atoms with van der Waals surface area (Å²) >= 11 is 0. The number of rotatable bonds is 3. The lowest BCUT2D eigenvalue weighted by Crippen LogP contribution is -2.57. The van der Waals surface area contributed by atoms with Gasteiger partial charge < -0.3 is 15.3 Å². The summed E-state index contributed by atoms with van der Waals surface area (Å²) in [7, 11) is 0. The van der Waals surface area contributed by atoms with E-state index in [0.717, 1.165) is 23.2 Å². The molecule has 1 aliphatic heterocycles. The van der Waals surface area contributed by atoms with Crippen LogP contribution in [-0.4, -0.2) is 36.1 Å². The standard InChI is InChI=1S/C14H18N2O3/c1-3-10-6-4-5-9(2)13(10)16-7-11(14(18)19)15-12(17)8-16/h4-6,11H,3,7-8H2,1-2H3,(H,15,17)(H,18,19). The monoisotopic (exact) mass is 262 g/mol. The number of hydrogen-bond donors (Lipinski definition) is 2. The van der Waals surface area contributed by atoms with Gasteiger partial charge in [0, 0.05) is 12.2 Å². The van der Waals surface area contributed by atoms with Crippen molar-refractivity contribution in [2.75, 3.05) is 18.0 Å². The third-order valence-electron chi connectivity index (χ3n) is 3.39. The predicted octanol–water partition coefficient (Wildman–Crippen LogP) is 0.947. The van der Waals surface area contributed by atoms with E-state index in [9.17, 15) is 9.59 Å². The molecule has 19 heavy (non-hydrogen) atoms. The van der Waals surface area contributed by atoms with Crippen LogP contribution in [0, 0.1) is 6.92 Å². The fourth-order valence-electron chi connectivity index (χ4n) is 2.51. The molecule has 0 spiro atoms. The first-order valence-corrected chi connectivity index (χ1v) is 6.38. The number of hydrogen-bond acceptors (Lipinski definition) is 3. The van der Waals surface area contributed by atoms with Crippen molar-refractivity contribution >= 4 is 17.6 Å². The van der Waals surface area contributed by atoms with Crippen LogP contribution in [0.1, 0.15) is 18.1 Å². The molecule has 1 heterocycles. The lowest BCUT2D eigenvalue weighted by Gasteiger charge is -2.34. The van der Waals surface area contributed by atoms with Crippen molar-refractivity contribution in [3.05, 3.63) is 29.3 Å². The second-order valence-corrected chi connectivity index (χ2v) is 4.78. The van der Waals surface area contributed by atoms with E-state index in [1.807, 2.05) is 30.0 Å². The number of nitrogens with one attached hydrogen (secondary N) is 1. The quantitative estimate of drug-likeness (QED) is 0.851. The number of aryl methyl sites for hydroxylation is 2. The fraction of sp³-hybridized carbons (Fsp3) is 0.429. The minimum atomic E-state index is -0.996. The number of nitrogens with zero attached hydrogens (tertiary/aromatic N) is 1. The van der Waals surface area contributed by atoms with Crippen molar-refractivity contribution < 1.29 is 14.7 Å². The zero-order valence-corrected chi connectivity index (χ0v) is 11.1. The van der Waals surface area contributed by atoms with E-state index in [4.69, 9.17) is 5.11 Å². The average Bonchev–Trinajstić information content (AvgIpc) is 2.37. The molecule has 1 unspecified atom stereocenters. The van der Waals surface area contributed by atoms with Crippen LogP contribution in [0.4, 0.5) is 5.69 Å². The number of carbonyl (C=O) groups excluding carboxylic acids is 1. The molecule has 2 N–H and O–H groups in total. The number of carboxylic acid groups (broad SMARTS) is 1. The first-order chi connectivity index (χ1) is 9.02. The molecule has 0 aromatic heterocycles. The molecule has 0 bridgehead atoms. The van der Waals surface area contributed by atoms with E-state index in [-0.39, 0.29) is 12.5 Å². The van der Waals surface area contributed by atoms with Crippen LogP contribution < -0.4 is 10.2 Å². The maximum atomic E-state index is 11.7. The van der Waals surface area contributed by atoms with Crippen molar-refractivity contribution in [1.29, 1.82) is 0 Å². The zero-order valence-electron chi connectivity index (χ0n) is 11.1. The van der Waals surface area contributed by atoms with Crippen LogP contribution in [-0.2, 0) is 16.0 Å². The molecule has 1 aromatic carbocycles. The van der Waals surface area contributed by atoms with Gasteiger partial charge in [-0.2, -0.15) is 0 Å². The second kappa shape index (κ2) is 5.30. The summed E-state index contributed by atoms with van der Waals surface area (Å²) in [5, 5.41) is 11.6. The Bertz CT molecular complexity index is 513. The molecule has 1 saturated heterocycles. The van der Waals surface area contributed by atoms with Gasteiger partial charge in [-0.3, -0.25) is 4.79 Å². The van der Waals surface area contributed by atoms with Gasteiger partial charge in [0.1, 0.15) is 6.04 Å². The Kier molecular flexibility index (Phi) is 3.74. The first kappa shape index (κ1) is 13.4. The van der Waals surface area contributed by atoms with Gasteiger partial charge in [-0.25, -0.2) is 4.79 Å². The van der Waals surface area contributed by atoms with Gasteiger partial charge in [0.05, 0.1) is 6.54 Å². The van der Waals surface area contributed by atoms with Crippen LogP contribution in [0.5, 0.6) is 0 Å². The van der Waals surface area contributed by atoms with Crippen molar-refractivity contribution in [1.82, 2.24) is 5.32 Å². The Balaban J connectivity index is 2.35. The maximum Gasteiger partial charge on any atom is 0.328 e. The molecule has 0 aliphatic carbocycles. The van der Waals surface area contributed by atoms with Crippen LogP contribution in [0.3, 0.4) is 0 Å². The molecule has 1 aliphatic rings. The number of aliphatic carboxylic acids is 1. The number of anilines is 1. The molecular weight excluding hydrogens is 244 g/mol. The van der Waals surface area contributed by atoms with Gasteiger partial charge >= 0.3 is 5.97 Å². The summed E-state index contributed by atoms with van der Waals surface area (Å²) < 4.78 is 0. The SMILES string of the molecule is CCc1cccc(C)c1N1CC(=O)NC(C(=O)O)C1. The molecular formula is C14H18N2O3. The van der Waals surface area contributed by atoms with Gasteiger partial charge in [-0.15, -0.1) is 0 Å². The molecule has 1 amide bonds. The van der Waals surface area contributed by atoms with E-state index in [1.165, 1.54) is 0 Å². The number of para-hydroxylation sites is 1. The topological polar surface area (TPSA) is 69.6 Å². The van der Waals surface area contributed by atoms with Crippen LogP contribution in [0.25, 0.3) is 0 Å². The lowest BCUT2D eigenvalue weighted by atomic mass is 10.0. The van der Waals surface area contributed by atoms with Crippen molar-refractivity contribution in [3.63, 3.8) is 0 Å². The lowest BCUT2D eigenvalue weighted by molar-refractivity contribution is -0.142. The Morgan fingerprint density at radius 3 is 2.89 bits per heavy atom. The summed E-state index contributed by atoms with van der Waals surface area (Å²) in [5.74, 6) is -1.24. The summed E-state index contributed by atoms with van der Waals surface area (Å²) in [5.41, 5.74) is 3.20. The van der Waals surface area contributed by atoms with E-state index in [2.05, 4.69) is 12.2 Å². The number of amides is 1. The summed E-state index contributed by atoms with van der Waals surface area (Å²) in [6, 6.07) is 5.14. The molecule has 0 radical (unpaired) electrons. The van der Waals surface area contributed by atoms with E-state index in [1.54, 1.807) is 0 Å². The number of carbonyl (C=O) groups is 2. The highest BCUT2D eigenvalue weighted by Crippen LogP contribution is 2.26. The Morgan fingerprint density at radius 1 is 1.53 bits per heavy atom. The van der Waals surface area contributed by atoms with Crippen molar-refractivity contribution in [2.45, 2.75) is 26.3 Å². The van der Waals surface area contributed by atoms with Gasteiger partial charge in [0.25, 0.3) is 0 Å². The fourth-order valence-corrected chi connectivity index (χ4v) is 2.51. The molecule has 1 fully saturated rings. The smallest absolute Gasteiger partial charge is 0.328 e. The average molecular weight is 262 g/mol. The molecule has 5 nitrogen and oxygen atoms in total. The molecule has 2 rings (SSSR count). The van der Waals surface area contributed by atoms with Gasteiger partial charge in [0.2, 0.25) is 5.91 Å². The van der Waals surface area contributed by atoms with Crippen LogP contribution >= 0.6 is 0 Å². The zero-order chi connectivity index (χ0) is 14.0. The maximum absolute atomic E-state index is 11.7. The van der Waals surface area contributed by atoms with E-state index >= 15 is 0 Å². The Hall–Kier alpha value is -2.04. The van der Waals surface area contributed by atoms with E-state index in [0.29, 0.717) is 6.54 Å². The number of piperazine rings is 1. The highest BCUT2D eigenvalue weighted by molar-refractivity contribution is 5.89. The molecule has 1 atom stereocenters. The van der Waals surface area contributed by atoms with Crippen molar-refractivity contribution in [3.8, 4) is 0 Å². The third-order valence-corrected chi connectivity index (χ3v) is 3.39. The van der Waals surface area contributed by atoms with Gasteiger partial charge in [-0.1, -0.05) is 25.1 Å². The summed E-state index contributed by atoms with van der Waals surface area (Å²) in [6.45, 7) is 4.55. The number of benzene rings is 1. The van der Waals surface area contributed by atoms with Crippen LogP contribution in [0.15, 0.2) is 18.2 Å². The minimum absolute atomic E-state index is 0.210. The van der Waals surface area contributed by atoms with Crippen molar-refractivity contribution in [2.24, 2.45) is 0 Å². The van der Waals surface area contributed by atoms with E-state index < -0.39 is 12.0 Å². The Labute approximate surface area is 112 Å². The highest BCUT2D eigenvalue weighted by Gasteiger charge is 2.30. The minimum Gasteiger partial charge on any atom is -0.480 e. The summed E-state index contributed by atoms with van der Waals surface area (Å²) in [4.78, 5) is 24.6. The molecule has 0 saturated carbocycles. The normalized spacial score (nSPS) is 19.2.